The second kappa shape index (κ2) is 8.52. The van der Waals surface area contributed by atoms with Crippen molar-refractivity contribution in [1.29, 1.82) is 0 Å². The van der Waals surface area contributed by atoms with Gasteiger partial charge in [0.2, 0.25) is 0 Å². The molecule has 2 aromatic heterocycles. The first-order valence-electron chi connectivity index (χ1n) is 14.4. The molecule has 0 N–H and O–H groups in total. The van der Waals surface area contributed by atoms with Gasteiger partial charge in [-0.3, -0.25) is 4.40 Å². The van der Waals surface area contributed by atoms with E-state index in [1.807, 2.05) is 12.2 Å². The number of aryl methyl sites for hydroxylation is 1. The van der Waals surface area contributed by atoms with E-state index in [0.717, 1.165) is 22.2 Å². The number of para-hydroxylation sites is 1. The zero-order valence-corrected chi connectivity index (χ0v) is 23.2. The van der Waals surface area contributed by atoms with E-state index in [2.05, 4.69) is 133 Å². The molecule has 0 saturated heterocycles. The predicted octanol–water partition coefficient (Wildman–Crippen LogP) is 10.9. The van der Waals surface area contributed by atoms with Gasteiger partial charge in [-0.2, -0.15) is 0 Å². The first-order valence-corrected chi connectivity index (χ1v) is 14.4. The fourth-order valence-corrected chi connectivity index (χ4v) is 7.24. The summed E-state index contributed by atoms with van der Waals surface area (Å²) in [6.07, 6.45) is 5.97. The summed E-state index contributed by atoms with van der Waals surface area (Å²) in [6, 6.07) is 40.0. The van der Waals surface area contributed by atoms with Crippen LogP contribution in [-0.2, 0) is 0 Å². The van der Waals surface area contributed by atoms with Crippen LogP contribution in [0.25, 0.3) is 87.9 Å². The van der Waals surface area contributed by atoms with Crippen LogP contribution in [-0.4, -0.2) is 9.38 Å². The van der Waals surface area contributed by atoms with Crippen molar-refractivity contribution in [2.45, 2.75) is 6.92 Å². The molecule has 0 aliphatic rings. The maximum Gasteiger partial charge on any atom is 0.141 e. The molecule has 196 valence electrons. The number of pyridine rings is 1. The minimum absolute atomic E-state index is 0.992. The highest BCUT2D eigenvalue weighted by molar-refractivity contribution is 6.34. The molecule has 0 bridgehead atoms. The molecule has 0 aliphatic heterocycles. The van der Waals surface area contributed by atoms with Crippen molar-refractivity contribution in [3.05, 3.63) is 139 Å². The van der Waals surface area contributed by atoms with Crippen molar-refractivity contribution >= 4 is 76.7 Å². The Labute approximate surface area is 242 Å². The molecule has 9 rings (SSSR count). The average Bonchev–Trinajstić information content (AvgIpc) is 3.43. The SMILES string of the molecule is C=C/C=C\c1c(C)c2nc3cc(-c4ccc5c6cccc7cccc(c8cccc4c85)c76)ccc3n2c2ccccc12. The zero-order chi connectivity index (χ0) is 27.9. The van der Waals surface area contributed by atoms with Crippen LogP contribution in [0.15, 0.2) is 128 Å². The second-order valence-corrected chi connectivity index (χ2v) is 11.2. The summed E-state index contributed by atoms with van der Waals surface area (Å²) in [6.45, 7) is 6.04. The average molecular weight is 535 g/mol. The molecule has 0 saturated carbocycles. The van der Waals surface area contributed by atoms with Gasteiger partial charge in [-0.05, 0) is 84.9 Å². The van der Waals surface area contributed by atoms with Crippen molar-refractivity contribution in [3.8, 4) is 11.1 Å². The van der Waals surface area contributed by atoms with Gasteiger partial charge in [0.15, 0.2) is 0 Å². The van der Waals surface area contributed by atoms with Gasteiger partial charge in [0.1, 0.15) is 5.65 Å². The summed E-state index contributed by atoms with van der Waals surface area (Å²) >= 11 is 0. The number of imidazole rings is 1. The van der Waals surface area contributed by atoms with Crippen molar-refractivity contribution in [2.24, 2.45) is 0 Å². The summed E-state index contributed by atoms with van der Waals surface area (Å²) in [5.41, 5.74) is 9.04. The maximum absolute atomic E-state index is 5.22. The van der Waals surface area contributed by atoms with Crippen molar-refractivity contribution in [3.63, 3.8) is 0 Å². The Hall–Kier alpha value is -5.47. The highest BCUT2D eigenvalue weighted by Crippen LogP contribution is 2.43. The van der Waals surface area contributed by atoms with E-state index in [1.54, 1.807) is 0 Å². The number of nitrogens with zero attached hydrogens (tertiary/aromatic N) is 2. The Morgan fingerprint density at radius 3 is 2.14 bits per heavy atom. The summed E-state index contributed by atoms with van der Waals surface area (Å²) in [4.78, 5) is 5.22. The molecule has 0 fully saturated rings. The van der Waals surface area contributed by atoms with Crippen molar-refractivity contribution in [2.75, 3.05) is 0 Å². The minimum atomic E-state index is 0.992. The number of hydrogen-bond acceptors (Lipinski definition) is 1. The number of rotatable bonds is 3. The summed E-state index contributed by atoms with van der Waals surface area (Å²) < 4.78 is 2.31. The Bertz CT molecular complexity index is 2550. The van der Waals surface area contributed by atoms with E-state index < -0.39 is 0 Å². The van der Waals surface area contributed by atoms with Crippen LogP contribution >= 0.6 is 0 Å². The third kappa shape index (κ3) is 3.01. The van der Waals surface area contributed by atoms with Gasteiger partial charge >= 0.3 is 0 Å². The largest absolute Gasteiger partial charge is 0.292 e. The van der Waals surface area contributed by atoms with Crippen LogP contribution in [0.3, 0.4) is 0 Å². The van der Waals surface area contributed by atoms with Gasteiger partial charge in [-0.15, -0.1) is 0 Å². The summed E-state index contributed by atoms with van der Waals surface area (Å²) in [5.74, 6) is 0. The molecule has 0 atom stereocenters. The van der Waals surface area contributed by atoms with Gasteiger partial charge in [0, 0.05) is 10.9 Å². The number of fused-ring (bicyclic) bond motifs is 7. The van der Waals surface area contributed by atoms with Crippen LogP contribution in [0.2, 0.25) is 0 Å². The molecule has 0 unspecified atom stereocenters. The van der Waals surface area contributed by atoms with Crippen LogP contribution in [0.1, 0.15) is 11.1 Å². The normalized spacial score (nSPS) is 12.4. The number of allylic oxidation sites excluding steroid dienone is 2. The first-order chi connectivity index (χ1) is 20.7. The van der Waals surface area contributed by atoms with E-state index in [-0.39, 0.29) is 0 Å². The lowest BCUT2D eigenvalue weighted by Crippen LogP contribution is -1.95. The lowest BCUT2D eigenvalue weighted by Gasteiger charge is -2.16. The molecule has 42 heavy (non-hydrogen) atoms. The van der Waals surface area contributed by atoms with Crippen LogP contribution < -0.4 is 0 Å². The molecular weight excluding hydrogens is 508 g/mol. The Kier molecular flexibility index (Phi) is 4.72. The minimum Gasteiger partial charge on any atom is -0.292 e. The number of aromatic nitrogens is 2. The van der Waals surface area contributed by atoms with E-state index in [1.165, 1.54) is 70.7 Å². The number of benzene rings is 7. The monoisotopic (exact) mass is 534 g/mol. The van der Waals surface area contributed by atoms with Gasteiger partial charge in [-0.1, -0.05) is 116 Å². The maximum atomic E-state index is 5.22. The Balaban J connectivity index is 1.34. The van der Waals surface area contributed by atoms with Gasteiger partial charge < -0.3 is 0 Å². The highest BCUT2D eigenvalue weighted by atomic mass is 15.0. The second-order valence-electron chi connectivity index (χ2n) is 11.2. The van der Waals surface area contributed by atoms with E-state index in [9.17, 15) is 0 Å². The zero-order valence-electron chi connectivity index (χ0n) is 23.2. The third-order valence-electron chi connectivity index (χ3n) is 9.06. The van der Waals surface area contributed by atoms with Gasteiger partial charge in [0.25, 0.3) is 0 Å². The van der Waals surface area contributed by atoms with Crippen LogP contribution in [0, 0.1) is 6.92 Å². The van der Waals surface area contributed by atoms with Crippen LogP contribution in [0.5, 0.6) is 0 Å². The third-order valence-corrected chi connectivity index (χ3v) is 9.06. The quantitative estimate of drug-likeness (QED) is 0.125. The smallest absolute Gasteiger partial charge is 0.141 e. The summed E-state index contributed by atoms with van der Waals surface area (Å²) in [7, 11) is 0. The fraction of sp³-hybridized carbons (Fsp3) is 0.0250. The molecule has 9 aromatic rings. The molecule has 0 aliphatic carbocycles. The van der Waals surface area contributed by atoms with Crippen molar-refractivity contribution in [1.82, 2.24) is 9.38 Å². The van der Waals surface area contributed by atoms with Gasteiger partial charge in [0.05, 0.1) is 16.6 Å². The Morgan fingerprint density at radius 2 is 1.33 bits per heavy atom. The standard InChI is InChI=1S/C40H26N2/c1-3-4-12-27-24(2)40-41-35-23-26(19-22-37(35)42(40)36-18-6-5-13-29(27)36)28-20-21-34-32-15-8-11-25-10-7-14-31(38(25)32)33-17-9-16-30(28)39(33)34/h3-23H,1H2,2H3/b12-4-. The lowest BCUT2D eigenvalue weighted by molar-refractivity contribution is 1.25. The number of hydrogen-bond donors (Lipinski definition) is 0. The van der Waals surface area contributed by atoms with Gasteiger partial charge in [-0.25, -0.2) is 4.98 Å². The molecule has 2 heterocycles. The molecule has 7 aromatic carbocycles. The predicted molar refractivity (Wildman–Crippen MR) is 181 cm³/mol. The molecule has 0 spiro atoms. The summed E-state index contributed by atoms with van der Waals surface area (Å²) in [5, 5.41) is 11.7. The van der Waals surface area contributed by atoms with E-state index >= 15 is 0 Å². The molecule has 0 amide bonds. The molecule has 2 nitrogen and oxygen atoms in total. The van der Waals surface area contributed by atoms with E-state index in [4.69, 9.17) is 4.98 Å². The Morgan fingerprint density at radius 1 is 0.643 bits per heavy atom. The fourth-order valence-electron chi connectivity index (χ4n) is 7.24. The molecular formula is C40H26N2. The molecule has 2 heteroatoms. The van der Waals surface area contributed by atoms with Crippen molar-refractivity contribution < 1.29 is 0 Å². The van der Waals surface area contributed by atoms with E-state index in [0.29, 0.717) is 0 Å². The molecule has 0 radical (unpaired) electrons. The highest BCUT2D eigenvalue weighted by Gasteiger charge is 2.18. The first kappa shape index (κ1) is 23.3. The lowest BCUT2D eigenvalue weighted by atomic mass is 9.87. The topological polar surface area (TPSA) is 17.3 Å². The van der Waals surface area contributed by atoms with Crippen LogP contribution in [0.4, 0.5) is 0 Å².